The number of nitrogens with zero attached hydrogens (tertiary/aromatic N) is 2. The van der Waals surface area contributed by atoms with Crippen molar-refractivity contribution >= 4 is 50.7 Å². The van der Waals surface area contributed by atoms with Gasteiger partial charge in [-0.2, -0.15) is 0 Å². The molecule has 0 bridgehead atoms. The summed E-state index contributed by atoms with van der Waals surface area (Å²) in [7, 11) is 1.89. The Morgan fingerprint density at radius 3 is 2.11 bits per heavy atom. The van der Waals surface area contributed by atoms with Crippen LogP contribution in [0.1, 0.15) is 27.6 Å². The van der Waals surface area contributed by atoms with E-state index >= 15 is 0 Å². The molecule has 0 N–H and O–H groups in total. The number of fused-ring (bicyclic) bond motifs is 1. The second-order valence-electron chi connectivity index (χ2n) is 6.44. The molecule has 0 atom stereocenters. The first-order valence-corrected chi connectivity index (χ1v) is 9.81. The number of allylic oxidation sites excluding steroid dienone is 2. The van der Waals surface area contributed by atoms with E-state index in [1.165, 1.54) is 11.8 Å². The van der Waals surface area contributed by atoms with Crippen molar-refractivity contribution in [3.05, 3.63) is 74.9 Å². The zero-order valence-corrected chi connectivity index (χ0v) is 17.8. The first-order chi connectivity index (χ1) is 13.3. The number of amides is 1. The van der Waals surface area contributed by atoms with Crippen molar-refractivity contribution in [3.8, 4) is 0 Å². The van der Waals surface area contributed by atoms with Crippen molar-refractivity contribution in [1.82, 2.24) is 4.90 Å². The quantitative estimate of drug-likeness (QED) is 0.667. The van der Waals surface area contributed by atoms with Gasteiger partial charge in [0.15, 0.2) is 0 Å². The number of Topliss-reactive ketones (excluding diaryl/α,β-unsaturated/α-hetero) is 2. The summed E-state index contributed by atoms with van der Waals surface area (Å²) in [4.78, 5) is 41.1. The van der Waals surface area contributed by atoms with Crippen LogP contribution < -0.4 is 4.90 Å². The highest BCUT2D eigenvalue weighted by atomic mass is 79.9. The van der Waals surface area contributed by atoms with Crippen molar-refractivity contribution in [3.63, 3.8) is 0 Å². The summed E-state index contributed by atoms with van der Waals surface area (Å²) in [5, 5.41) is -0.217. The summed E-state index contributed by atoms with van der Waals surface area (Å²) in [5.74, 6) is -1.21. The van der Waals surface area contributed by atoms with Crippen LogP contribution in [0.3, 0.4) is 0 Å². The van der Waals surface area contributed by atoms with E-state index in [-0.39, 0.29) is 34.3 Å². The van der Waals surface area contributed by atoms with Crippen LogP contribution in [-0.4, -0.2) is 42.5 Å². The number of rotatable bonds is 5. The van der Waals surface area contributed by atoms with Gasteiger partial charge in [-0.3, -0.25) is 14.4 Å². The van der Waals surface area contributed by atoms with Crippen molar-refractivity contribution in [1.29, 1.82) is 0 Å². The molecule has 0 unspecified atom stereocenters. The lowest BCUT2D eigenvalue weighted by Gasteiger charge is -2.29. The number of hydrogen-bond donors (Lipinski definition) is 0. The Morgan fingerprint density at radius 2 is 1.54 bits per heavy atom. The van der Waals surface area contributed by atoms with Crippen LogP contribution in [-0.2, 0) is 4.79 Å². The number of ketones is 2. The third-order valence-corrected chi connectivity index (χ3v) is 5.49. The van der Waals surface area contributed by atoms with Crippen LogP contribution in [0.25, 0.3) is 0 Å². The Bertz CT molecular complexity index is 985. The molecule has 0 saturated carbocycles. The maximum Gasteiger partial charge on any atom is 0.224 e. The smallest absolute Gasteiger partial charge is 0.224 e. The fourth-order valence-electron chi connectivity index (χ4n) is 3.07. The molecule has 7 heteroatoms. The Kier molecular flexibility index (Phi) is 6.01. The van der Waals surface area contributed by atoms with E-state index in [2.05, 4.69) is 15.9 Å². The molecule has 3 rings (SSSR count). The Morgan fingerprint density at radius 1 is 0.964 bits per heavy atom. The largest absolute Gasteiger partial charge is 0.373 e. The average Bonchev–Trinajstić information content (AvgIpc) is 2.68. The fraction of sp³-hybridized carbons (Fsp3) is 0.190. The minimum atomic E-state index is -0.445. The molecule has 1 amide bonds. The monoisotopic (exact) mass is 460 g/mol. The van der Waals surface area contributed by atoms with E-state index in [1.807, 2.05) is 36.2 Å². The van der Waals surface area contributed by atoms with Crippen LogP contribution in [0.5, 0.6) is 0 Å². The van der Waals surface area contributed by atoms with Gasteiger partial charge in [0.05, 0.1) is 0 Å². The standard InChI is InChI=1S/C21H18BrClN2O3/c1-13(26)25(12-11-24(2)15-9-7-14(22)8-10-15)19-18(23)20(27)16-5-3-4-6-17(16)21(19)28/h3-10H,11-12H2,1-2H3. The zero-order chi connectivity index (χ0) is 20.4. The summed E-state index contributed by atoms with van der Waals surface area (Å²) in [6.45, 7) is 2.03. The lowest BCUT2D eigenvalue weighted by Crippen LogP contribution is -2.40. The molecule has 144 valence electrons. The summed E-state index contributed by atoms with van der Waals surface area (Å²) < 4.78 is 0.969. The molecule has 0 aliphatic heterocycles. The predicted molar refractivity (Wildman–Crippen MR) is 113 cm³/mol. The summed E-state index contributed by atoms with van der Waals surface area (Å²) >= 11 is 9.64. The summed E-state index contributed by atoms with van der Waals surface area (Å²) in [6.07, 6.45) is 0. The SMILES string of the molecule is CC(=O)N(CCN(C)c1ccc(Br)cc1)C1=C(Cl)C(=O)c2ccccc2C1=O. The van der Waals surface area contributed by atoms with E-state index < -0.39 is 11.6 Å². The van der Waals surface area contributed by atoms with Gasteiger partial charge in [-0.25, -0.2) is 0 Å². The van der Waals surface area contributed by atoms with Crippen LogP contribution in [0.4, 0.5) is 5.69 Å². The topological polar surface area (TPSA) is 57.7 Å². The van der Waals surface area contributed by atoms with Crippen LogP contribution in [0.2, 0.25) is 0 Å². The normalized spacial score (nSPS) is 13.4. The summed E-state index contributed by atoms with van der Waals surface area (Å²) in [5.41, 5.74) is 1.43. The molecular formula is C21H18BrClN2O3. The Balaban J connectivity index is 1.87. The molecule has 0 heterocycles. The molecule has 0 saturated heterocycles. The second-order valence-corrected chi connectivity index (χ2v) is 7.73. The van der Waals surface area contributed by atoms with Crippen LogP contribution in [0.15, 0.2) is 63.7 Å². The third kappa shape index (κ3) is 3.88. The minimum Gasteiger partial charge on any atom is -0.373 e. The fourth-order valence-corrected chi connectivity index (χ4v) is 3.63. The van der Waals surface area contributed by atoms with E-state index in [0.717, 1.165) is 10.2 Å². The third-order valence-electron chi connectivity index (χ3n) is 4.62. The molecule has 0 radical (unpaired) electrons. The molecule has 0 fully saturated rings. The maximum atomic E-state index is 13.0. The highest BCUT2D eigenvalue weighted by Crippen LogP contribution is 2.30. The number of likely N-dealkylation sites (N-methyl/N-ethyl adjacent to an activating group) is 1. The minimum absolute atomic E-state index is 0.0536. The molecule has 2 aromatic rings. The average molecular weight is 462 g/mol. The van der Waals surface area contributed by atoms with Crippen molar-refractivity contribution in [2.24, 2.45) is 0 Å². The molecule has 1 aliphatic rings. The van der Waals surface area contributed by atoms with Gasteiger partial charge in [-0.05, 0) is 24.3 Å². The lowest BCUT2D eigenvalue weighted by molar-refractivity contribution is -0.126. The van der Waals surface area contributed by atoms with Gasteiger partial charge in [0.2, 0.25) is 17.5 Å². The molecule has 1 aliphatic carbocycles. The van der Waals surface area contributed by atoms with Gasteiger partial charge in [0, 0.05) is 48.3 Å². The Labute approximate surface area is 176 Å². The lowest BCUT2D eigenvalue weighted by atomic mass is 9.92. The molecule has 2 aromatic carbocycles. The number of carbonyl (C=O) groups is 3. The van der Waals surface area contributed by atoms with Gasteiger partial charge >= 0.3 is 0 Å². The number of benzene rings is 2. The number of carbonyl (C=O) groups excluding carboxylic acids is 3. The van der Waals surface area contributed by atoms with Gasteiger partial charge in [-0.15, -0.1) is 0 Å². The second kappa shape index (κ2) is 8.29. The number of hydrogen-bond acceptors (Lipinski definition) is 4. The first-order valence-electron chi connectivity index (χ1n) is 8.64. The van der Waals surface area contributed by atoms with E-state index in [0.29, 0.717) is 6.54 Å². The van der Waals surface area contributed by atoms with Crippen LogP contribution in [0, 0.1) is 0 Å². The summed E-state index contributed by atoms with van der Waals surface area (Å²) in [6, 6.07) is 14.2. The molecular weight excluding hydrogens is 444 g/mol. The van der Waals surface area contributed by atoms with Crippen LogP contribution >= 0.6 is 27.5 Å². The van der Waals surface area contributed by atoms with E-state index in [4.69, 9.17) is 11.6 Å². The highest BCUT2D eigenvalue weighted by Gasteiger charge is 2.35. The molecule has 0 aromatic heterocycles. The van der Waals surface area contributed by atoms with Gasteiger partial charge < -0.3 is 9.80 Å². The van der Waals surface area contributed by atoms with Gasteiger partial charge in [-0.1, -0.05) is 51.8 Å². The molecule has 5 nitrogen and oxygen atoms in total. The predicted octanol–water partition coefficient (Wildman–Crippen LogP) is 4.26. The highest BCUT2D eigenvalue weighted by molar-refractivity contribution is 9.10. The first kappa shape index (κ1) is 20.3. The Hall–Kier alpha value is -2.44. The van der Waals surface area contributed by atoms with E-state index in [9.17, 15) is 14.4 Å². The maximum absolute atomic E-state index is 13.0. The molecule has 0 spiro atoms. The van der Waals surface area contributed by atoms with Crippen molar-refractivity contribution in [2.45, 2.75) is 6.92 Å². The van der Waals surface area contributed by atoms with E-state index in [1.54, 1.807) is 24.3 Å². The van der Waals surface area contributed by atoms with Gasteiger partial charge in [0.1, 0.15) is 10.7 Å². The number of halogens is 2. The van der Waals surface area contributed by atoms with Crippen molar-refractivity contribution in [2.75, 3.05) is 25.0 Å². The number of anilines is 1. The molecule has 28 heavy (non-hydrogen) atoms. The van der Waals surface area contributed by atoms with Crippen molar-refractivity contribution < 1.29 is 14.4 Å². The van der Waals surface area contributed by atoms with Gasteiger partial charge in [0.25, 0.3) is 0 Å². The zero-order valence-electron chi connectivity index (χ0n) is 15.4.